The van der Waals surface area contributed by atoms with Gasteiger partial charge in [0.2, 0.25) is 5.91 Å². The summed E-state index contributed by atoms with van der Waals surface area (Å²) in [5, 5.41) is 20.3. The molecule has 1 rings (SSSR count). The van der Waals surface area contributed by atoms with Crippen LogP contribution in [0.1, 0.15) is 30.1 Å². The molecule has 114 valence electrons. The fraction of sp³-hybridized carbons (Fsp3) is 0.385. The van der Waals surface area contributed by atoms with Crippen LogP contribution < -0.4 is 10.6 Å². The van der Waals surface area contributed by atoms with Crippen LogP contribution in [0.5, 0.6) is 0 Å². The van der Waals surface area contributed by atoms with Crippen LogP contribution >= 0.6 is 0 Å². The lowest BCUT2D eigenvalue weighted by molar-refractivity contribution is -0.384. The predicted molar refractivity (Wildman–Crippen MR) is 76.4 cm³/mol. The van der Waals surface area contributed by atoms with Gasteiger partial charge in [0.25, 0.3) is 0 Å². The lowest BCUT2D eigenvalue weighted by Crippen LogP contribution is -2.35. The standard InChI is InChI=1S/C13H17N3O5/c1-2-3-7-15(8-11(14)17)10-6-4-5-9(13(18)19)12(10)16(20)21/h4-6H,2-3,7-8H2,1H3,(H2,14,17)(H,18,19). The molecule has 8 nitrogen and oxygen atoms in total. The van der Waals surface area contributed by atoms with Gasteiger partial charge in [0.05, 0.1) is 11.5 Å². The van der Waals surface area contributed by atoms with Gasteiger partial charge in [-0.05, 0) is 18.6 Å². The number of nitrogens with two attached hydrogens (primary N) is 1. The minimum Gasteiger partial charge on any atom is -0.477 e. The lowest BCUT2D eigenvalue weighted by atomic mass is 10.1. The van der Waals surface area contributed by atoms with Crippen LogP contribution in [0.15, 0.2) is 18.2 Å². The molecule has 0 spiro atoms. The number of amides is 1. The molecule has 0 atom stereocenters. The van der Waals surface area contributed by atoms with Crippen molar-refractivity contribution in [2.45, 2.75) is 19.8 Å². The summed E-state index contributed by atoms with van der Waals surface area (Å²) in [5.74, 6) is -2.03. The summed E-state index contributed by atoms with van der Waals surface area (Å²) in [6.07, 6.45) is 1.52. The largest absolute Gasteiger partial charge is 0.477 e. The molecular formula is C13H17N3O5. The van der Waals surface area contributed by atoms with Crippen molar-refractivity contribution < 1.29 is 19.6 Å². The van der Waals surface area contributed by atoms with Gasteiger partial charge in [-0.3, -0.25) is 14.9 Å². The van der Waals surface area contributed by atoms with Gasteiger partial charge in [-0.15, -0.1) is 0 Å². The van der Waals surface area contributed by atoms with Crippen LogP contribution in [0, 0.1) is 10.1 Å². The average Bonchev–Trinajstić information content (AvgIpc) is 2.41. The van der Waals surface area contributed by atoms with Gasteiger partial charge in [-0.1, -0.05) is 19.4 Å². The topological polar surface area (TPSA) is 127 Å². The number of aromatic carboxylic acids is 1. The number of anilines is 1. The maximum Gasteiger partial charge on any atom is 0.342 e. The summed E-state index contributed by atoms with van der Waals surface area (Å²) in [4.78, 5) is 34.2. The highest BCUT2D eigenvalue weighted by Crippen LogP contribution is 2.32. The molecule has 0 aliphatic heterocycles. The number of nitrogens with zero attached hydrogens (tertiary/aromatic N) is 2. The van der Waals surface area contributed by atoms with E-state index in [2.05, 4.69) is 0 Å². The molecule has 0 aliphatic carbocycles. The summed E-state index contributed by atoms with van der Waals surface area (Å²) in [7, 11) is 0. The second-order valence-corrected chi connectivity index (χ2v) is 4.48. The molecule has 1 aromatic carbocycles. The molecule has 0 radical (unpaired) electrons. The first-order valence-corrected chi connectivity index (χ1v) is 6.42. The number of carbonyl (C=O) groups excluding carboxylic acids is 1. The smallest absolute Gasteiger partial charge is 0.342 e. The summed E-state index contributed by atoms with van der Waals surface area (Å²) < 4.78 is 0. The third-order valence-corrected chi connectivity index (χ3v) is 2.90. The monoisotopic (exact) mass is 295 g/mol. The molecule has 0 bridgehead atoms. The van der Waals surface area contributed by atoms with Gasteiger partial charge in [-0.25, -0.2) is 4.79 Å². The third kappa shape index (κ3) is 4.16. The number of para-hydroxylation sites is 1. The molecule has 3 N–H and O–H groups in total. The van der Waals surface area contributed by atoms with Crippen LogP contribution in [0.25, 0.3) is 0 Å². The van der Waals surface area contributed by atoms with Crippen LogP contribution in [-0.2, 0) is 4.79 Å². The van der Waals surface area contributed by atoms with E-state index >= 15 is 0 Å². The number of hydrogen-bond donors (Lipinski definition) is 2. The summed E-state index contributed by atoms with van der Waals surface area (Å²) in [5.41, 5.74) is 4.31. The Balaban J connectivity index is 3.35. The Morgan fingerprint density at radius 2 is 2.10 bits per heavy atom. The number of benzene rings is 1. The van der Waals surface area contributed by atoms with Gasteiger partial charge in [0, 0.05) is 6.54 Å². The molecule has 0 aromatic heterocycles. The molecule has 0 saturated heterocycles. The maximum absolute atomic E-state index is 11.2. The van der Waals surface area contributed by atoms with Crippen molar-refractivity contribution in [2.24, 2.45) is 5.73 Å². The van der Waals surface area contributed by atoms with Crippen molar-refractivity contribution in [1.29, 1.82) is 0 Å². The highest BCUT2D eigenvalue weighted by atomic mass is 16.6. The number of primary amides is 1. The van der Waals surface area contributed by atoms with E-state index in [9.17, 15) is 19.7 Å². The van der Waals surface area contributed by atoms with Crippen LogP contribution in [0.3, 0.4) is 0 Å². The van der Waals surface area contributed by atoms with E-state index in [1.165, 1.54) is 17.0 Å². The highest BCUT2D eigenvalue weighted by Gasteiger charge is 2.27. The summed E-state index contributed by atoms with van der Waals surface area (Å²) in [6, 6.07) is 3.99. The molecule has 0 heterocycles. The number of unbranched alkanes of at least 4 members (excludes halogenated alkanes) is 1. The molecule has 8 heteroatoms. The maximum atomic E-state index is 11.2. The molecular weight excluding hydrogens is 278 g/mol. The van der Waals surface area contributed by atoms with Crippen molar-refractivity contribution in [3.05, 3.63) is 33.9 Å². The van der Waals surface area contributed by atoms with Crippen molar-refractivity contribution in [2.75, 3.05) is 18.0 Å². The Labute approximate surface area is 121 Å². The molecule has 0 aliphatic rings. The first-order chi connectivity index (χ1) is 9.88. The normalized spacial score (nSPS) is 10.1. The quantitative estimate of drug-likeness (QED) is 0.551. The van der Waals surface area contributed by atoms with Gasteiger partial charge >= 0.3 is 11.7 Å². The van der Waals surface area contributed by atoms with Crippen molar-refractivity contribution in [3.63, 3.8) is 0 Å². The molecule has 1 amide bonds. The van der Waals surface area contributed by atoms with E-state index < -0.39 is 28.1 Å². The van der Waals surface area contributed by atoms with E-state index in [-0.39, 0.29) is 12.2 Å². The first kappa shape index (κ1) is 16.4. The Bertz CT molecular complexity index is 559. The zero-order chi connectivity index (χ0) is 16.0. The summed E-state index contributed by atoms with van der Waals surface area (Å²) in [6.45, 7) is 2.11. The first-order valence-electron chi connectivity index (χ1n) is 6.42. The van der Waals surface area contributed by atoms with Gasteiger partial charge in [0.1, 0.15) is 11.3 Å². The zero-order valence-corrected chi connectivity index (χ0v) is 11.6. The van der Waals surface area contributed by atoms with Gasteiger partial charge < -0.3 is 15.7 Å². The molecule has 0 unspecified atom stereocenters. The number of carboxylic acids is 1. The highest BCUT2D eigenvalue weighted by molar-refractivity contribution is 5.96. The minimum atomic E-state index is -1.39. The van der Waals surface area contributed by atoms with E-state index in [0.717, 1.165) is 12.5 Å². The number of carboxylic acid groups (broad SMARTS) is 1. The van der Waals surface area contributed by atoms with E-state index in [4.69, 9.17) is 10.8 Å². The number of hydrogen-bond acceptors (Lipinski definition) is 5. The van der Waals surface area contributed by atoms with Gasteiger partial charge in [0.15, 0.2) is 0 Å². The van der Waals surface area contributed by atoms with Crippen molar-refractivity contribution in [1.82, 2.24) is 0 Å². The Morgan fingerprint density at radius 1 is 1.43 bits per heavy atom. The van der Waals surface area contributed by atoms with E-state index in [0.29, 0.717) is 13.0 Å². The average molecular weight is 295 g/mol. The van der Waals surface area contributed by atoms with Crippen LogP contribution in [-0.4, -0.2) is 35.0 Å². The second kappa shape index (κ2) is 7.22. The molecule has 21 heavy (non-hydrogen) atoms. The zero-order valence-electron chi connectivity index (χ0n) is 11.6. The number of nitro benzene ring substituents is 1. The lowest BCUT2D eigenvalue weighted by Gasteiger charge is -2.23. The van der Waals surface area contributed by atoms with E-state index in [1.807, 2.05) is 6.92 Å². The van der Waals surface area contributed by atoms with Crippen LogP contribution in [0.4, 0.5) is 11.4 Å². The Morgan fingerprint density at radius 3 is 2.57 bits per heavy atom. The van der Waals surface area contributed by atoms with Gasteiger partial charge in [-0.2, -0.15) is 0 Å². The summed E-state index contributed by atoms with van der Waals surface area (Å²) >= 11 is 0. The second-order valence-electron chi connectivity index (χ2n) is 4.48. The SMILES string of the molecule is CCCCN(CC(N)=O)c1cccc(C(=O)O)c1[N+](=O)[O-]. The molecule has 0 saturated carbocycles. The molecule has 0 fully saturated rings. The number of carbonyl (C=O) groups is 2. The predicted octanol–water partition coefficient (Wildman–Crippen LogP) is 1.38. The molecule has 1 aromatic rings. The van der Waals surface area contributed by atoms with Crippen molar-refractivity contribution >= 4 is 23.3 Å². The minimum absolute atomic E-state index is 0.0900. The number of nitro groups is 1. The van der Waals surface area contributed by atoms with Crippen molar-refractivity contribution in [3.8, 4) is 0 Å². The van der Waals surface area contributed by atoms with E-state index in [1.54, 1.807) is 0 Å². The Kier molecular flexibility index (Phi) is 5.65. The van der Waals surface area contributed by atoms with Crippen LogP contribution in [0.2, 0.25) is 0 Å². The fourth-order valence-electron chi connectivity index (χ4n) is 1.97. The number of rotatable bonds is 8. The third-order valence-electron chi connectivity index (χ3n) is 2.90. The fourth-order valence-corrected chi connectivity index (χ4v) is 1.97. The Hall–Kier alpha value is -2.64.